The van der Waals surface area contributed by atoms with Crippen molar-refractivity contribution in [1.82, 2.24) is 4.90 Å². The monoisotopic (exact) mass is 343 g/mol. The number of ether oxygens (including phenoxy) is 1. The highest BCUT2D eigenvalue weighted by Gasteiger charge is 2.31. The maximum Gasteiger partial charge on any atom is 0.410 e. The van der Waals surface area contributed by atoms with E-state index < -0.39 is 17.9 Å². The lowest BCUT2D eigenvalue weighted by Gasteiger charge is -2.24. The van der Waals surface area contributed by atoms with Gasteiger partial charge < -0.3 is 14.7 Å². The second-order valence-electron chi connectivity index (χ2n) is 5.94. The first-order valence-electron chi connectivity index (χ1n) is 8.06. The molecule has 2 aromatic carbocycles. The highest BCUT2D eigenvalue weighted by Crippen LogP contribution is 2.33. The molecule has 0 spiro atoms. The van der Waals surface area contributed by atoms with Gasteiger partial charge in [0.25, 0.3) is 0 Å². The number of hydrogen-bond donors (Lipinski definition) is 1. The van der Waals surface area contributed by atoms with Crippen LogP contribution in [0.15, 0.2) is 48.5 Å². The third-order valence-corrected chi connectivity index (χ3v) is 4.30. The Kier molecular flexibility index (Phi) is 4.97. The molecule has 0 aliphatic carbocycles. The van der Waals surface area contributed by atoms with Gasteiger partial charge in [-0.3, -0.25) is 0 Å². The second-order valence-corrected chi connectivity index (χ2v) is 5.94. The molecule has 1 heterocycles. The fourth-order valence-corrected chi connectivity index (χ4v) is 3.05. The number of carboxylic acid groups (broad SMARTS) is 1. The Morgan fingerprint density at radius 1 is 1.20 bits per heavy atom. The number of carbonyl (C=O) groups is 2. The molecule has 1 atom stereocenters. The van der Waals surface area contributed by atoms with Crippen molar-refractivity contribution in [2.45, 2.75) is 25.5 Å². The van der Waals surface area contributed by atoms with Crippen molar-refractivity contribution in [3.8, 4) is 0 Å². The van der Waals surface area contributed by atoms with Gasteiger partial charge in [-0.05, 0) is 36.1 Å². The van der Waals surface area contributed by atoms with Crippen LogP contribution in [0.2, 0.25) is 0 Å². The largest absolute Gasteiger partial charge is 0.478 e. The fourth-order valence-electron chi connectivity index (χ4n) is 3.05. The van der Waals surface area contributed by atoms with Crippen molar-refractivity contribution >= 4 is 12.1 Å². The highest BCUT2D eigenvalue weighted by atomic mass is 19.1. The van der Waals surface area contributed by atoms with E-state index in [2.05, 4.69) is 0 Å². The number of amides is 1. The lowest BCUT2D eigenvalue weighted by Crippen LogP contribution is -2.31. The molecule has 3 rings (SSSR count). The van der Waals surface area contributed by atoms with Gasteiger partial charge in [0.15, 0.2) is 0 Å². The molecule has 0 saturated carbocycles. The zero-order chi connectivity index (χ0) is 17.8. The van der Waals surface area contributed by atoms with Gasteiger partial charge >= 0.3 is 12.1 Å². The number of carboxylic acids is 1. The topological polar surface area (TPSA) is 66.8 Å². The van der Waals surface area contributed by atoms with Crippen molar-refractivity contribution < 1.29 is 23.8 Å². The summed E-state index contributed by atoms with van der Waals surface area (Å²) >= 11 is 0. The number of halogens is 1. The van der Waals surface area contributed by atoms with Gasteiger partial charge in [-0.1, -0.05) is 36.4 Å². The van der Waals surface area contributed by atoms with Gasteiger partial charge in [-0.25, -0.2) is 14.0 Å². The number of nitrogens with zero attached hydrogens (tertiary/aromatic N) is 1. The van der Waals surface area contributed by atoms with E-state index in [0.29, 0.717) is 18.5 Å². The first-order valence-corrected chi connectivity index (χ1v) is 8.06. The first-order chi connectivity index (χ1) is 12.1. The normalized spacial score (nSPS) is 16.7. The molecule has 1 fully saturated rings. The van der Waals surface area contributed by atoms with Gasteiger partial charge in [-0.15, -0.1) is 0 Å². The number of likely N-dealkylation sites (tertiary alicyclic amines) is 1. The van der Waals surface area contributed by atoms with Crippen LogP contribution in [0.1, 0.15) is 40.4 Å². The van der Waals surface area contributed by atoms with Gasteiger partial charge in [0.2, 0.25) is 0 Å². The molecule has 2 aromatic rings. The van der Waals surface area contributed by atoms with Crippen molar-refractivity contribution in [2.75, 3.05) is 6.54 Å². The van der Waals surface area contributed by atoms with Crippen LogP contribution in [-0.2, 0) is 11.3 Å². The smallest absolute Gasteiger partial charge is 0.410 e. The fraction of sp³-hybridized carbons (Fsp3) is 0.263. The quantitative estimate of drug-likeness (QED) is 0.911. The molecular formula is C19H18FNO4. The highest BCUT2D eigenvalue weighted by molar-refractivity contribution is 5.88. The summed E-state index contributed by atoms with van der Waals surface area (Å²) in [6.07, 6.45) is 1.02. The number of hydrogen-bond acceptors (Lipinski definition) is 3. The SMILES string of the molecule is O=C(O)c1ccc(C2CCCN2C(=O)OCc2ccccc2)cc1F. The maximum absolute atomic E-state index is 13.9. The molecule has 0 radical (unpaired) electrons. The number of rotatable bonds is 4. The summed E-state index contributed by atoms with van der Waals surface area (Å²) in [6.45, 7) is 0.704. The average Bonchev–Trinajstić information content (AvgIpc) is 3.10. The summed E-state index contributed by atoms with van der Waals surface area (Å²) in [5.41, 5.74) is 1.10. The minimum atomic E-state index is -1.31. The number of benzene rings is 2. The molecule has 1 aliphatic rings. The summed E-state index contributed by atoms with van der Waals surface area (Å²) < 4.78 is 19.3. The van der Waals surface area contributed by atoms with Crippen molar-refractivity contribution in [1.29, 1.82) is 0 Å². The molecule has 1 aliphatic heterocycles. The summed E-state index contributed by atoms with van der Waals surface area (Å²) in [5.74, 6) is -2.11. The molecule has 1 unspecified atom stereocenters. The first kappa shape index (κ1) is 17.0. The van der Waals surface area contributed by atoms with E-state index in [9.17, 15) is 14.0 Å². The molecule has 0 bridgehead atoms. The van der Waals surface area contributed by atoms with Crippen LogP contribution in [-0.4, -0.2) is 28.6 Å². The van der Waals surface area contributed by atoms with Crippen molar-refractivity contribution in [3.05, 3.63) is 71.0 Å². The molecule has 0 aromatic heterocycles. The van der Waals surface area contributed by atoms with E-state index in [4.69, 9.17) is 9.84 Å². The Labute approximate surface area is 144 Å². The predicted molar refractivity (Wildman–Crippen MR) is 88.7 cm³/mol. The summed E-state index contributed by atoms with van der Waals surface area (Å²) in [4.78, 5) is 24.9. The summed E-state index contributed by atoms with van der Waals surface area (Å²) in [5, 5.41) is 8.92. The van der Waals surface area contributed by atoms with Crippen LogP contribution >= 0.6 is 0 Å². The van der Waals surface area contributed by atoms with E-state index in [1.807, 2.05) is 30.3 Å². The van der Waals surface area contributed by atoms with Gasteiger partial charge in [-0.2, -0.15) is 0 Å². The van der Waals surface area contributed by atoms with E-state index in [1.165, 1.54) is 12.1 Å². The molecule has 5 nitrogen and oxygen atoms in total. The van der Waals surface area contributed by atoms with E-state index in [0.717, 1.165) is 12.0 Å². The molecule has 1 N–H and O–H groups in total. The molecule has 1 saturated heterocycles. The lowest BCUT2D eigenvalue weighted by molar-refractivity contribution is 0.0691. The van der Waals surface area contributed by atoms with Crippen LogP contribution in [0.4, 0.5) is 9.18 Å². The van der Waals surface area contributed by atoms with Crippen molar-refractivity contribution in [2.24, 2.45) is 0 Å². The number of carbonyl (C=O) groups excluding carboxylic acids is 1. The number of aromatic carboxylic acids is 1. The van der Waals surface area contributed by atoms with E-state index in [1.54, 1.807) is 11.0 Å². The van der Waals surface area contributed by atoms with Crippen molar-refractivity contribution in [3.63, 3.8) is 0 Å². The molecular weight excluding hydrogens is 325 g/mol. The zero-order valence-corrected chi connectivity index (χ0v) is 13.5. The lowest BCUT2D eigenvalue weighted by atomic mass is 10.0. The zero-order valence-electron chi connectivity index (χ0n) is 13.5. The van der Waals surface area contributed by atoms with Crippen LogP contribution < -0.4 is 0 Å². The maximum atomic E-state index is 13.9. The van der Waals surface area contributed by atoms with Gasteiger partial charge in [0.1, 0.15) is 12.4 Å². The summed E-state index contributed by atoms with van der Waals surface area (Å²) in [6, 6.07) is 13.0. The standard InChI is InChI=1S/C19H18FNO4/c20-16-11-14(8-9-15(16)18(22)23)17-7-4-10-21(17)19(24)25-12-13-5-2-1-3-6-13/h1-3,5-6,8-9,11,17H,4,7,10,12H2,(H,22,23). The Bertz CT molecular complexity index is 778. The molecule has 130 valence electrons. The summed E-state index contributed by atoms with van der Waals surface area (Å²) in [7, 11) is 0. The van der Waals surface area contributed by atoms with Crippen LogP contribution in [0.5, 0.6) is 0 Å². The minimum Gasteiger partial charge on any atom is -0.478 e. The third-order valence-electron chi connectivity index (χ3n) is 4.30. The Morgan fingerprint density at radius 3 is 2.64 bits per heavy atom. The van der Waals surface area contributed by atoms with Crippen LogP contribution in [0.3, 0.4) is 0 Å². The predicted octanol–water partition coefficient (Wildman–Crippen LogP) is 4.00. The molecule has 25 heavy (non-hydrogen) atoms. The second kappa shape index (κ2) is 7.34. The van der Waals surface area contributed by atoms with Crippen LogP contribution in [0.25, 0.3) is 0 Å². The average molecular weight is 343 g/mol. The van der Waals surface area contributed by atoms with Gasteiger partial charge in [0.05, 0.1) is 11.6 Å². The Morgan fingerprint density at radius 2 is 1.96 bits per heavy atom. The van der Waals surface area contributed by atoms with E-state index >= 15 is 0 Å². The third kappa shape index (κ3) is 3.79. The van der Waals surface area contributed by atoms with E-state index in [-0.39, 0.29) is 18.2 Å². The van der Waals surface area contributed by atoms with Gasteiger partial charge in [0, 0.05) is 6.54 Å². The minimum absolute atomic E-state index is 0.176. The Hall–Kier alpha value is -2.89. The Balaban J connectivity index is 1.70. The molecule has 1 amide bonds. The van der Waals surface area contributed by atoms with Crippen LogP contribution in [0, 0.1) is 5.82 Å². The molecule has 6 heteroatoms.